The van der Waals surface area contributed by atoms with Crippen molar-refractivity contribution in [2.45, 2.75) is 94.7 Å². The third-order valence-electron chi connectivity index (χ3n) is 8.46. The molecule has 234 valence electrons. The van der Waals surface area contributed by atoms with Gasteiger partial charge in [-0.2, -0.15) is 0 Å². The van der Waals surface area contributed by atoms with Gasteiger partial charge in [0.15, 0.2) is 15.7 Å². The number of likely N-dealkylation sites (N-methyl/N-ethyl adjacent to an activating group) is 1. The number of pyridine rings is 1. The molecule has 0 spiro atoms. The Hall–Kier alpha value is -2.75. The van der Waals surface area contributed by atoms with E-state index >= 15 is 0 Å². The summed E-state index contributed by atoms with van der Waals surface area (Å²) in [5.41, 5.74) is 1.24. The molecule has 6 rings (SSSR count). The van der Waals surface area contributed by atoms with Crippen LogP contribution in [0.1, 0.15) is 83.3 Å². The molecule has 1 aliphatic heterocycles. The predicted octanol–water partition coefficient (Wildman–Crippen LogP) is 3.92. The van der Waals surface area contributed by atoms with Crippen molar-refractivity contribution in [2.24, 2.45) is 0 Å². The molecule has 1 atom stereocenters. The second-order valence-corrected chi connectivity index (χ2v) is 15.5. The first-order valence-electron chi connectivity index (χ1n) is 14.8. The summed E-state index contributed by atoms with van der Waals surface area (Å²) in [6, 6.07) is 1.10. The lowest BCUT2D eigenvalue weighted by Gasteiger charge is -2.45. The average Bonchev–Trinajstić information content (AvgIpc) is 3.82. The summed E-state index contributed by atoms with van der Waals surface area (Å²) in [6.45, 7) is 11.7. The fourth-order valence-electron chi connectivity index (χ4n) is 5.85. The number of sulfonamides is 1. The second kappa shape index (κ2) is 10.7. The van der Waals surface area contributed by atoms with Crippen LogP contribution in [-0.4, -0.2) is 82.1 Å². The highest BCUT2D eigenvalue weighted by molar-refractivity contribution is 7.89. The van der Waals surface area contributed by atoms with Crippen LogP contribution in [-0.2, 0) is 14.8 Å². The van der Waals surface area contributed by atoms with E-state index in [0.29, 0.717) is 48.9 Å². The van der Waals surface area contributed by atoms with Gasteiger partial charge in [-0.25, -0.2) is 26.9 Å². The third kappa shape index (κ3) is 5.88. The maximum absolute atomic E-state index is 13.8. The Morgan fingerprint density at radius 2 is 1.91 bits per heavy atom. The van der Waals surface area contributed by atoms with E-state index in [2.05, 4.69) is 20.2 Å². The van der Waals surface area contributed by atoms with Crippen molar-refractivity contribution in [2.75, 3.05) is 31.1 Å². The van der Waals surface area contributed by atoms with E-state index in [-0.39, 0.29) is 21.7 Å². The molecule has 2 N–H and O–H groups in total. The third-order valence-corrected chi connectivity index (χ3v) is 11.0. The highest BCUT2D eigenvalue weighted by Crippen LogP contribution is 2.46. The Bertz CT molecular complexity index is 1660. The zero-order valence-corrected chi connectivity index (χ0v) is 26.7. The number of carbonyl (C=O) groups is 1. The summed E-state index contributed by atoms with van der Waals surface area (Å²) in [5, 5.41) is 11.1. The average molecular weight is 637 g/mol. The normalized spacial score (nSPS) is 21.5. The molecular formula is C28H38F2N8O3S2. The van der Waals surface area contributed by atoms with Gasteiger partial charge in [0, 0.05) is 49.4 Å². The van der Waals surface area contributed by atoms with Gasteiger partial charge in [-0.05, 0) is 66.4 Å². The first kappa shape index (κ1) is 30.3. The minimum Gasteiger partial charge on any atom is -0.365 e. The van der Waals surface area contributed by atoms with E-state index < -0.39 is 38.6 Å². The van der Waals surface area contributed by atoms with Crippen LogP contribution in [0.3, 0.4) is 0 Å². The molecule has 0 unspecified atom stereocenters. The maximum atomic E-state index is 13.8. The number of imidazole rings is 1. The molecule has 4 heterocycles. The number of amides is 1. The number of hydrogen-bond donors (Lipinski definition) is 2. The van der Waals surface area contributed by atoms with Gasteiger partial charge in [0.2, 0.25) is 15.9 Å². The van der Waals surface area contributed by atoms with Crippen LogP contribution >= 0.6 is 11.3 Å². The SMILES string of the molecule is CCN(CC)C(=O)[C@@H]1CN(c2cc(S(=O)(=O)NC3(C)CC3)cn3c(-c4nnc(C(F)F)s4)c(C4CC4)nc23)CC(C)(C)N1. The van der Waals surface area contributed by atoms with E-state index in [1.54, 1.807) is 15.4 Å². The van der Waals surface area contributed by atoms with Gasteiger partial charge in [-0.1, -0.05) is 11.3 Å². The molecule has 0 aromatic carbocycles. The van der Waals surface area contributed by atoms with Crippen molar-refractivity contribution < 1.29 is 22.0 Å². The number of nitrogens with zero attached hydrogens (tertiary/aromatic N) is 6. The molecule has 3 fully saturated rings. The Morgan fingerprint density at radius 3 is 2.49 bits per heavy atom. The topological polar surface area (TPSA) is 125 Å². The van der Waals surface area contributed by atoms with Crippen LogP contribution in [0.25, 0.3) is 16.3 Å². The number of hydrogen-bond acceptors (Lipinski definition) is 9. The predicted molar refractivity (Wildman–Crippen MR) is 160 cm³/mol. The highest BCUT2D eigenvalue weighted by atomic mass is 32.2. The van der Waals surface area contributed by atoms with E-state index in [1.165, 1.54) is 6.20 Å². The summed E-state index contributed by atoms with van der Waals surface area (Å²) < 4.78 is 59.1. The Kier molecular flexibility index (Phi) is 7.54. The molecule has 2 aliphatic carbocycles. The van der Waals surface area contributed by atoms with Gasteiger partial charge in [-0.15, -0.1) is 10.2 Å². The molecule has 3 aromatic heterocycles. The van der Waals surface area contributed by atoms with Crippen LogP contribution in [0.4, 0.5) is 14.5 Å². The number of halogens is 2. The van der Waals surface area contributed by atoms with Crippen LogP contribution in [0.2, 0.25) is 0 Å². The number of anilines is 1. The van der Waals surface area contributed by atoms with E-state index in [9.17, 15) is 22.0 Å². The Labute approximate surface area is 254 Å². The Morgan fingerprint density at radius 1 is 1.21 bits per heavy atom. The van der Waals surface area contributed by atoms with Crippen LogP contribution in [0.15, 0.2) is 17.2 Å². The zero-order chi connectivity index (χ0) is 30.9. The first-order chi connectivity index (χ1) is 20.2. The largest absolute Gasteiger partial charge is 0.365 e. The lowest BCUT2D eigenvalue weighted by molar-refractivity contribution is -0.133. The molecule has 43 heavy (non-hydrogen) atoms. The van der Waals surface area contributed by atoms with E-state index in [1.807, 2.05) is 39.5 Å². The summed E-state index contributed by atoms with van der Waals surface area (Å²) in [4.78, 5) is 22.4. The van der Waals surface area contributed by atoms with Crippen molar-refractivity contribution in [1.29, 1.82) is 0 Å². The van der Waals surface area contributed by atoms with Crippen LogP contribution in [0.5, 0.6) is 0 Å². The van der Waals surface area contributed by atoms with Crippen molar-refractivity contribution >= 4 is 38.6 Å². The van der Waals surface area contributed by atoms with Crippen LogP contribution in [0, 0.1) is 0 Å². The van der Waals surface area contributed by atoms with Crippen LogP contribution < -0.4 is 14.9 Å². The standard InChI is InChI=1S/C28H38F2N8O3S2/c1-6-36(7-2)26(39)18-14-37(15-27(3,4)32-18)19-12-17(43(40,41)35-28(5)10-11-28)13-38-21(20(16-8-9-16)31-23(19)38)24-33-34-25(42-24)22(29)30/h12-13,16,18,22,32,35H,6-11,14-15H2,1-5H3/t18-/m0/s1. The fourth-order valence-corrected chi connectivity index (χ4v) is 8.08. The van der Waals surface area contributed by atoms with Crippen molar-refractivity contribution in [3.05, 3.63) is 23.0 Å². The number of aromatic nitrogens is 4. The zero-order valence-electron chi connectivity index (χ0n) is 25.0. The summed E-state index contributed by atoms with van der Waals surface area (Å²) in [5.74, 6) is 0.0867. The lowest BCUT2D eigenvalue weighted by Crippen LogP contribution is -2.66. The summed E-state index contributed by atoms with van der Waals surface area (Å²) >= 11 is 0.788. The first-order valence-corrected chi connectivity index (χ1v) is 17.1. The molecule has 0 bridgehead atoms. The van der Waals surface area contributed by atoms with Gasteiger partial charge in [0.25, 0.3) is 6.43 Å². The number of rotatable bonds is 10. The minimum atomic E-state index is -3.96. The molecule has 3 aliphatic rings. The molecule has 15 heteroatoms. The Balaban J connectivity index is 1.54. The number of carbonyl (C=O) groups excluding carboxylic acids is 1. The van der Waals surface area contributed by atoms with Crippen molar-refractivity contribution in [3.8, 4) is 10.7 Å². The van der Waals surface area contributed by atoms with Crippen molar-refractivity contribution in [1.82, 2.24) is 34.5 Å². The summed E-state index contributed by atoms with van der Waals surface area (Å²) in [6.07, 6.45) is 2.00. The van der Waals surface area contributed by atoms with E-state index in [4.69, 9.17) is 4.98 Å². The second-order valence-electron chi connectivity index (χ2n) is 12.8. The smallest absolute Gasteiger partial charge is 0.291 e. The molecule has 3 aromatic rings. The van der Waals surface area contributed by atoms with Gasteiger partial charge in [-0.3, -0.25) is 14.5 Å². The highest BCUT2D eigenvalue weighted by Gasteiger charge is 2.43. The molecule has 0 radical (unpaired) electrons. The number of piperazine rings is 1. The molecule has 1 saturated heterocycles. The summed E-state index contributed by atoms with van der Waals surface area (Å²) in [7, 11) is -3.96. The van der Waals surface area contributed by atoms with Gasteiger partial charge in [0.05, 0.1) is 11.4 Å². The molecule has 1 amide bonds. The van der Waals surface area contributed by atoms with Gasteiger partial charge in [0.1, 0.15) is 16.6 Å². The van der Waals surface area contributed by atoms with Gasteiger partial charge >= 0.3 is 0 Å². The number of fused-ring (bicyclic) bond motifs is 1. The maximum Gasteiger partial charge on any atom is 0.291 e. The lowest BCUT2D eigenvalue weighted by atomic mass is 9.97. The van der Waals surface area contributed by atoms with E-state index in [0.717, 1.165) is 37.0 Å². The minimum absolute atomic E-state index is 0.0259. The number of nitrogens with one attached hydrogen (secondary N) is 2. The quantitative estimate of drug-likeness (QED) is 0.343. The number of alkyl halides is 2. The monoisotopic (exact) mass is 636 g/mol. The van der Waals surface area contributed by atoms with Crippen molar-refractivity contribution in [3.63, 3.8) is 0 Å². The molecule has 2 saturated carbocycles. The molecular weight excluding hydrogens is 598 g/mol. The van der Waals surface area contributed by atoms with Gasteiger partial charge < -0.3 is 9.80 Å². The fraction of sp³-hybridized carbons (Fsp3) is 0.643. The molecule has 11 nitrogen and oxygen atoms in total.